The molecule has 2 rings (SSSR count). The van der Waals surface area contributed by atoms with Crippen molar-refractivity contribution in [1.29, 1.82) is 0 Å². The summed E-state index contributed by atoms with van der Waals surface area (Å²) < 4.78 is 44.0. The highest BCUT2D eigenvalue weighted by Crippen LogP contribution is 2.38. The summed E-state index contributed by atoms with van der Waals surface area (Å²) in [5.41, 5.74) is -0.451. The van der Waals surface area contributed by atoms with Gasteiger partial charge >= 0.3 is 6.18 Å². The summed E-state index contributed by atoms with van der Waals surface area (Å²) in [6, 6.07) is 5.21. The maximum atomic E-state index is 12.8. The van der Waals surface area contributed by atoms with Crippen LogP contribution in [0, 0.1) is 0 Å². The lowest BCUT2D eigenvalue weighted by atomic mass is 9.87. The third-order valence-corrected chi connectivity index (χ3v) is 3.70. The van der Waals surface area contributed by atoms with E-state index in [-0.39, 0.29) is 6.04 Å². The second kappa shape index (κ2) is 5.13. The van der Waals surface area contributed by atoms with E-state index < -0.39 is 17.3 Å². The summed E-state index contributed by atoms with van der Waals surface area (Å²) in [6.45, 7) is 2.61. The molecular weight excluding hydrogens is 255 g/mol. The smallest absolute Gasteiger partial charge is 0.373 e. The van der Waals surface area contributed by atoms with Gasteiger partial charge < -0.3 is 10.1 Å². The predicted octanol–water partition coefficient (Wildman–Crippen LogP) is 3.54. The Morgan fingerprint density at radius 2 is 2.11 bits per heavy atom. The van der Waals surface area contributed by atoms with Gasteiger partial charge in [0, 0.05) is 6.61 Å². The second-order valence-electron chi connectivity index (χ2n) is 5.11. The minimum atomic E-state index is -4.31. The van der Waals surface area contributed by atoms with Crippen molar-refractivity contribution in [1.82, 2.24) is 5.32 Å². The number of nitrogens with one attached hydrogen (secondary N) is 1. The molecule has 0 bridgehead atoms. The summed E-state index contributed by atoms with van der Waals surface area (Å²) in [7, 11) is 1.75. The highest BCUT2D eigenvalue weighted by molar-refractivity contribution is 5.30. The van der Waals surface area contributed by atoms with Crippen LogP contribution in [0.2, 0.25) is 0 Å². The molecule has 106 valence electrons. The number of rotatable bonds is 3. The number of ether oxygens (including phenoxy) is 1. The molecule has 1 fully saturated rings. The van der Waals surface area contributed by atoms with Crippen LogP contribution >= 0.6 is 0 Å². The van der Waals surface area contributed by atoms with E-state index in [1.807, 2.05) is 6.92 Å². The number of halogens is 3. The quantitative estimate of drug-likeness (QED) is 0.909. The Morgan fingerprint density at radius 1 is 1.37 bits per heavy atom. The molecule has 0 aliphatic carbocycles. The van der Waals surface area contributed by atoms with Crippen LogP contribution in [-0.2, 0) is 10.9 Å². The number of alkyl halides is 3. The average Bonchev–Trinajstić information content (AvgIpc) is 2.77. The van der Waals surface area contributed by atoms with Crippen LogP contribution in [0.25, 0.3) is 0 Å². The van der Waals surface area contributed by atoms with E-state index in [9.17, 15) is 13.2 Å². The van der Waals surface area contributed by atoms with Crippen LogP contribution in [0.15, 0.2) is 24.3 Å². The molecule has 1 saturated heterocycles. The Hall–Kier alpha value is -1.07. The van der Waals surface area contributed by atoms with Crippen molar-refractivity contribution in [2.45, 2.75) is 37.6 Å². The van der Waals surface area contributed by atoms with Crippen molar-refractivity contribution in [2.24, 2.45) is 0 Å². The van der Waals surface area contributed by atoms with Crippen molar-refractivity contribution in [3.05, 3.63) is 35.4 Å². The fraction of sp³-hybridized carbons (Fsp3) is 0.571. The van der Waals surface area contributed by atoms with Crippen LogP contribution in [0.5, 0.6) is 0 Å². The fourth-order valence-corrected chi connectivity index (χ4v) is 2.75. The Bertz CT molecular complexity index is 439. The van der Waals surface area contributed by atoms with Gasteiger partial charge in [-0.2, -0.15) is 13.2 Å². The van der Waals surface area contributed by atoms with E-state index in [4.69, 9.17) is 4.74 Å². The van der Waals surface area contributed by atoms with E-state index in [1.54, 1.807) is 13.1 Å². The maximum Gasteiger partial charge on any atom is 0.416 e. The molecular formula is C14H18F3NO. The van der Waals surface area contributed by atoms with E-state index in [1.165, 1.54) is 12.1 Å². The molecule has 0 radical (unpaired) electrons. The fourth-order valence-electron chi connectivity index (χ4n) is 2.75. The van der Waals surface area contributed by atoms with Crippen molar-refractivity contribution >= 4 is 0 Å². The van der Waals surface area contributed by atoms with Crippen LogP contribution in [0.4, 0.5) is 13.2 Å². The Labute approximate surface area is 111 Å². The van der Waals surface area contributed by atoms with Crippen LogP contribution in [0.3, 0.4) is 0 Å². The molecule has 1 aromatic carbocycles. The third kappa shape index (κ3) is 2.92. The summed E-state index contributed by atoms with van der Waals surface area (Å²) in [6.07, 6.45) is -2.53. The lowest BCUT2D eigenvalue weighted by Crippen LogP contribution is -2.39. The third-order valence-electron chi connectivity index (χ3n) is 3.70. The van der Waals surface area contributed by atoms with E-state index >= 15 is 0 Å². The van der Waals surface area contributed by atoms with Gasteiger partial charge in [-0.3, -0.25) is 0 Å². The van der Waals surface area contributed by atoms with Crippen molar-refractivity contribution in [2.75, 3.05) is 13.7 Å². The van der Waals surface area contributed by atoms with E-state index in [0.29, 0.717) is 12.2 Å². The minimum Gasteiger partial charge on any atom is -0.373 e. The Kier molecular flexibility index (Phi) is 3.87. The lowest BCUT2D eigenvalue weighted by Gasteiger charge is -2.33. The Morgan fingerprint density at radius 3 is 2.63 bits per heavy atom. The molecule has 1 aromatic rings. The van der Waals surface area contributed by atoms with Gasteiger partial charge in [-0.15, -0.1) is 0 Å². The SMILES string of the molecule is CNC(c1cccc(C(F)(F)F)c1)C1(C)CCCO1. The highest BCUT2D eigenvalue weighted by atomic mass is 19.4. The first-order valence-electron chi connectivity index (χ1n) is 6.35. The molecule has 1 heterocycles. The largest absolute Gasteiger partial charge is 0.416 e. The van der Waals surface area contributed by atoms with Crippen molar-refractivity contribution < 1.29 is 17.9 Å². The van der Waals surface area contributed by atoms with Gasteiger partial charge in [0.2, 0.25) is 0 Å². The molecule has 1 aliphatic rings. The normalized spacial score (nSPS) is 25.5. The van der Waals surface area contributed by atoms with Crippen LogP contribution in [0.1, 0.15) is 36.9 Å². The minimum absolute atomic E-state index is 0.239. The van der Waals surface area contributed by atoms with Gasteiger partial charge in [-0.05, 0) is 44.5 Å². The molecule has 0 amide bonds. The molecule has 2 unspecified atom stereocenters. The first-order chi connectivity index (χ1) is 8.87. The lowest BCUT2D eigenvalue weighted by molar-refractivity contribution is -0.137. The molecule has 1 aliphatic heterocycles. The summed E-state index contributed by atoms with van der Waals surface area (Å²) >= 11 is 0. The topological polar surface area (TPSA) is 21.3 Å². The number of hydrogen-bond donors (Lipinski definition) is 1. The molecule has 2 nitrogen and oxygen atoms in total. The predicted molar refractivity (Wildman–Crippen MR) is 66.8 cm³/mol. The second-order valence-corrected chi connectivity index (χ2v) is 5.11. The summed E-state index contributed by atoms with van der Waals surface area (Å²) in [5.74, 6) is 0. The standard InChI is InChI=1S/C14H18F3NO/c1-13(7-4-8-19-13)12(18-2)10-5-3-6-11(9-10)14(15,16)17/h3,5-6,9,12,18H,4,7-8H2,1-2H3. The highest BCUT2D eigenvalue weighted by Gasteiger charge is 2.39. The molecule has 0 saturated carbocycles. The first kappa shape index (κ1) is 14.3. The van der Waals surface area contributed by atoms with Gasteiger partial charge in [-0.1, -0.05) is 12.1 Å². The average molecular weight is 273 g/mol. The van der Waals surface area contributed by atoms with Gasteiger partial charge in [0.15, 0.2) is 0 Å². The number of benzene rings is 1. The zero-order valence-electron chi connectivity index (χ0n) is 11.1. The Balaban J connectivity index is 2.33. The molecule has 19 heavy (non-hydrogen) atoms. The van der Waals surface area contributed by atoms with E-state index in [0.717, 1.165) is 18.9 Å². The number of likely N-dealkylation sites (N-methyl/N-ethyl adjacent to an activating group) is 1. The van der Waals surface area contributed by atoms with Gasteiger partial charge in [-0.25, -0.2) is 0 Å². The molecule has 0 spiro atoms. The molecule has 0 aromatic heterocycles. The maximum absolute atomic E-state index is 12.8. The zero-order chi connectivity index (χ0) is 14.1. The monoisotopic (exact) mass is 273 g/mol. The summed E-state index contributed by atoms with van der Waals surface area (Å²) in [4.78, 5) is 0. The van der Waals surface area contributed by atoms with Gasteiger partial charge in [0.05, 0.1) is 17.2 Å². The number of hydrogen-bond acceptors (Lipinski definition) is 2. The molecule has 1 N–H and O–H groups in total. The molecule has 5 heteroatoms. The van der Waals surface area contributed by atoms with Crippen LogP contribution < -0.4 is 5.32 Å². The van der Waals surface area contributed by atoms with Gasteiger partial charge in [0.25, 0.3) is 0 Å². The zero-order valence-corrected chi connectivity index (χ0v) is 11.1. The summed E-state index contributed by atoms with van der Waals surface area (Å²) in [5, 5.41) is 3.09. The molecule has 2 atom stereocenters. The van der Waals surface area contributed by atoms with Crippen molar-refractivity contribution in [3.63, 3.8) is 0 Å². The van der Waals surface area contributed by atoms with Gasteiger partial charge in [0.1, 0.15) is 0 Å². The van der Waals surface area contributed by atoms with Crippen LogP contribution in [-0.4, -0.2) is 19.3 Å². The first-order valence-corrected chi connectivity index (χ1v) is 6.35. The van der Waals surface area contributed by atoms with Crippen molar-refractivity contribution in [3.8, 4) is 0 Å². The van der Waals surface area contributed by atoms with E-state index in [2.05, 4.69) is 5.32 Å².